The van der Waals surface area contributed by atoms with Crippen LogP contribution in [0.3, 0.4) is 0 Å². The zero-order valence-electron chi connectivity index (χ0n) is 13.1. The van der Waals surface area contributed by atoms with E-state index in [0.29, 0.717) is 18.1 Å². The van der Waals surface area contributed by atoms with Crippen LogP contribution in [0.15, 0.2) is 65.8 Å². The van der Waals surface area contributed by atoms with E-state index in [1.165, 1.54) is 5.56 Å². The van der Waals surface area contributed by atoms with Crippen LogP contribution in [0.4, 0.5) is 0 Å². The molecule has 0 saturated carbocycles. The molecule has 3 heterocycles. The van der Waals surface area contributed by atoms with E-state index in [2.05, 4.69) is 51.3 Å². The van der Waals surface area contributed by atoms with Gasteiger partial charge in [0.2, 0.25) is 11.7 Å². The summed E-state index contributed by atoms with van der Waals surface area (Å²) in [4.78, 5) is 12.9. The van der Waals surface area contributed by atoms with E-state index in [9.17, 15) is 0 Å². The largest absolute Gasteiger partial charge is 0.339 e. The van der Waals surface area contributed by atoms with Crippen LogP contribution in [0, 0.1) is 6.92 Å². The molecule has 0 aliphatic carbocycles. The Balaban J connectivity index is 1.53. The van der Waals surface area contributed by atoms with Crippen LogP contribution in [0.1, 0.15) is 17.0 Å². The summed E-state index contributed by atoms with van der Waals surface area (Å²) < 4.78 is 7.19. The van der Waals surface area contributed by atoms with Gasteiger partial charge in [0.05, 0.1) is 6.42 Å². The van der Waals surface area contributed by atoms with Gasteiger partial charge in [0, 0.05) is 24.2 Å². The average Bonchev–Trinajstić information content (AvgIpc) is 3.29. The van der Waals surface area contributed by atoms with Gasteiger partial charge in [0.25, 0.3) is 0 Å². The minimum absolute atomic E-state index is 0.543. The maximum atomic E-state index is 5.35. The second-order valence-electron chi connectivity index (χ2n) is 5.55. The van der Waals surface area contributed by atoms with Crippen LogP contribution in [-0.2, 0) is 6.42 Å². The number of hydrogen-bond acceptors (Lipinski definition) is 5. The van der Waals surface area contributed by atoms with Gasteiger partial charge in [0.15, 0.2) is 0 Å². The summed E-state index contributed by atoms with van der Waals surface area (Å²) in [6.45, 7) is 2.06. The van der Waals surface area contributed by atoms with Gasteiger partial charge >= 0.3 is 0 Å². The Morgan fingerprint density at radius 3 is 2.67 bits per heavy atom. The quantitative estimate of drug-likeness (QED) is 0.578. The Bertz CT molecular complexity index is 924. The lowest BCUT2D eigenvalue weighted by Crippen LogP contribution is -1.94. The Morgan fingerprint density at radius 2 is 1.96 bits per heavy atom. The maximum Gasteiger partial charge on any atom is 0.231 e. The van der Waals surface area contributed by atoms with Crippen LogP contribution in [0.5, 0.6) is 0 Å². The van der Waals surface area contributed by atoms with Gasteiger partial charge in [-0.2, -0.15) is 4.98 Å². The molecule has 0 unspecified atom stereocenters. The summed E-state index contributed by atoms with van der Waals surface area (Å²) in [5, 5.41) is 4.05. The molecule has 6 nitrogen and oxygen atoms in total. The van der Waals surface area contributed by atoms with Crippen LogP contribution < -0.4 is 0 Å². The van der Waals surface area contributed by atoms with E-state index in [1.54, 1.807) is 18.7 Å². The smallest absolute Gasteiger partial charge is 0.231 e. The SMILES string of the molecule is Cc1ccc(Cc2nc(-c3ccc(-n4ccnc4)nc3)no2)cc1. The minimum Gasteiger partial charge on any atom is -0.339 e. The van der Waals surface area contributed by atoms with E-state index in [0.717, 1.165) is 16.9 Å². The first kappa shape index (κ1) is 14.3. The van der Waals surface area contributed by atoms with Crippen molar-refractivity contribution >= 4 is 0 Å². The number of pyridine rings is 1. The third kappa shape index (κ3) is 2.94. The molecule has 6 heteroatoms. The van der Waals surface area contributed by atoms with Crippen molar-refractivity contribution in [3.05, 3.63) is 78.3 Å². The fourth-order valence-electron chi connectivity index (χ4n) is 2.39. The van der Waals surface area contributed by atoms with Crippen molar-refractivity contribution in [2.24, 2.45) is 0 Å². The molecule has 0 bridgehead atoms. The molecule has 0 radical (unpaired) electrons. The van der Waals surface area contributed by atoms with Crippen molar-refractivity contribution in [3.63, 3.8) is 0 Å². The predicted molar refractivity (Wildman–Crippen MR) is 88.6 cm³/mol. The molecule has 0 atom stereocenters. The van der Waals surface area contributed by atoms with E-state index in [1.807, 2.05) is 22.9 Å². The van der Waals surface area contributed by atoms with Crippen LogP contribution in [-0.4, -0.2) is 24.7 Å². The number of benzene rings is 1. The summed E-state index contributed by atoms with van der Waals surface area (Å²) in [6, 6.07) is 12.1. The molecule has 0 aliphatic rings. The number of rotatable bonds is 4. The van der Waals surface area contributed by atoms with Gasteiger partial charge in [-0.05, 0) is 24.6 Å². The van der Waals surface area contributed by atoms with Gasteiger partial charge in [-0.25, -0.2) is 9.97 Å². The van der Waals surface area contributed by atoms with Crippen molar-refractivity contribution in [1.82, 2.24) is 24.7 Å². The number of aromatic nitrogens is 5. The first-order chi connectivity index (χ1) is 11.8. The van der Waals surface area contributed by atoms with Gasteiger partial charge in [-0.15, -0.1) is 0 Å². The van der Waals surface area contributed by atoms with Crippen LogP contribution in [0.25, 0.3) is 17.2 Å². The van der Waals surface area contributed by atoms with Gasteiger partial charge < -0.3 is 4.52 Å². The lowest BCUT2D eigenvalue weighted by atomic mass is 10.1. The zero-order chi connectivity index (χ0) is 16.4. The van der Waals surface area contributed by atoms with Gasteiger partial charge in [-0.3, -0.25) is 4.57 Å². The molecule has 0 aliphatic heterocycles. The molecule has 0 saturated heterocycles. The Labute approximate surface area is 138 Å². The topological polar surface area (TPSA) is 69.6 Å². The molecule has 1 aromatic carbocycles. The molecule has 0 fully saturated rings. The van der Waals surface area contributed by atoms with Gasteiger partial charge in [-0.1, -0.05) is 35.0 Å². The lowest BCUT2D eigenvalue weighted by Gasteiger charge is -2.00. The molecule has 0 N–H and O–H groups in total. The first-order valence-corrected chi connectivity index (χ1v) is 7.61. The Morgan fingerprint density at radius 1 is 1.08 bits per heavy atom. The summed E-state index contributed by atoms with van der Waals surface area (Å²) in [6.07, 6.45) is 7.61. The standard InChI is InChI=1S/C18H15N5O/c1-13-2-4-14(5-3-13)10-17-21-18(22-24-17)15-6-7-16(20-11-15)23-9-8-19-12-23/h2-9,11-12H,10H2,1H3. The highest BCUT2D eigenvalue weighted by Crippen LogP contribution is 2.17. The third-order valence-electron chi connectivity index (χ3n) is 3.72. The van der Waals surface area contributed by atoms with Crippen molar-refractivity contribution in [1.29, 1.82) is 0 Å². The highest BCUT2D eigenvalue weighted by molar-refractivity contribution is 5.53. The predicted octanol–water partition coefficient (Wildman–Crippen LogP) is 3.22. The molecule has 118 valence electrons. The molecular formula is C18H15N5O. The molecule has 4 rings (SSSR count). The summed E-state index contributed by atoms with van der Waals surface area (Å²) >= 11 is 0. The van der Waals surface area contributed by atoms with Crippen LogP contribution in [0.2, 0.25) is 0 Å². The Kier molecular flexibility index (Phi) is 3.63. The monoisotopic (exact) mass is 317 g/mol. The highest BCUT2D eigenvalue weighted by atomic mass is 16.5. The van der Waals surface area contributed by atoms with Crippen molar-refractivity contribution < 1.29 is 4.52 Å². The van der Waals surface area contributed by atoms with E-state index in [4.69, 9.17) is 4.52 Å². The molecule has 0 amide bonds. The maximum absolute atomic E-state index is 5.35. The van der Waals surface area contributed by atoms with Crippen molar-refractivity contribution in [2.45, 2.75) is 13.3 Å². The number of aryl methyl sites for hydroxylation is 1. The van der Waals surface area contributed by atoms with Crippen molar-refractivity contribution in [2.75, 3.05) is 0 Å². The highest BCUT2D eigenvalue weighted by Gasteiger charge is 2.10. The Hall–Kier alpha value is -3.28. The summed E-state index contributed by atoms with van der Waals surface area (Å²) in [5.41, 5.74) is 3.19. The summed E-state index contributed by atoms with van der Waals surface area (Å²) in [7, 11) is 0. The molecule has 0 spiro atoms. The summed E-state index contributed by atoms with van der Waals surface area (Å²) in [5.74, 6) is 1.92. The van der Waals surface area contributed by atoms with E-state index < -0.39 is 0 Å². The number of nitrogens with zero attached hydrogens (tertiary/aromatic N) is 5. The number of hydrogen-bond donors (Lipinski definition) is 0. The van der Waals surface area contributed by atoms with E-state index in [-0.39, 0.29) is 0 Å². The normalized spacial score (nSPS) is 10.9. The third-order valence-corrected chi connectivity index (χ3v) is 3.72. The van der Waals surface area contributed by atoms with Gasteiger partial charge in [0.1, 0.15) is 12.1 Å². The molecule has 24 heavy (non-hydrogen) atoms. The van der Waals surface area contributed by atoms with E-state index >= 15 is 0 Å². The fraction of sp³-hybridized carbons (Fsp3) is 0.111. The van der Waals surface area contributed by atoms with Crippen molar-refractivity contribution in [3.8, 4) is 17.2 Å². The molecule has 4 aromatic rings. The fourth-order valence-corrected chi connectivity index (χ4v) is 2.39. The molecule has 3 aromatic heterocycles. The second kappa shape index (κ2) is 6.08. The second-order valence-corrected chi connectivity index (χ2v) is 5.55. The number of imidazole rings is 1. The minimum atomic E-state index is 0.543. The first-order valence-electron chi connectivity index (χ1n) is 7.61. The zero-order valence-corrected chi connectivity index (χ0v) is 13.1. The molecular weight excluding hydrogens is 302 g/mol. The van der Waals surface area contributed by atoms with Crippen LogP contribution >= 0.6 is 0 Å². The lowest BCUT2D eigenvalue weighted by molar-refractivity contribution is 0.385. The average molecular weight is 317 g/mol.